The molecule has 1 amide bonds. The molecule has 0 atom stereocenters. The van der Waals surface area contributed by atoms with E-state index in [2.05, 4.69) is 0 Å². The van der Waals surface area contributed by atoms with E-state index in [4.69, 9.17) is 0 Å². The first kappa shape index (κ1) is 15.8. The number of amides is 1. The Bertz CT molecular complexity index is 365. The van der Waals surface area contributed by atoms with Gasteiger partial charge in [-0.3, -0.25) is 4.79 Å². The van der Waals surface area contributed by atoms with Gasteiger partial charge in [0.1, 0.15) is 12.0 Å². The Morgan fingerprint density at radius 1 is 1.32 bits per heavy atom. The number of rotatable bonds is 3. The lowest BCUT2D eigenvalue weighted by Gasteiger charge is -2.37. The quantitative estimate of drug-likeness (QED) is 0.794. The van der Waals surface area contributed by atoms with Crippen molar-refractivity contribution in [2.45, 2.75) is 58.2 Å². The van der Waals surface area contributed by atoms with Crippen LogP contribution in [0, 0.1) is 16.7 Å². The summed E-state index contributed by atoms with van der Waals surface area (Å²) in [5, 5.41) is 9.26. The molecule has 0 aliphatic heterocycles. The number of nitriles is 1. The van der Waals surface area contributed by atoms with Crippen LogP contribution in [0.4, 0.5) is 13.2 Å². The van der Waals surface area contributed by atoms with Crippen LogP contribution in [0.25, 0.3) is 0 Å². The van der Waals surface area contributed by atoms with E-state index in [-0.39, 0.29) is 0 Å². The van der Waals surface area contributed by atoms with Crippen LogP contribution in [0.15, 0.2) is 0 Å². The lowest BCUT2D eigenvalue weighted by Crippen LogP contribution is -2.50. The maximum absolute atomic E-state index is 12.5. The van der Waals surface area contributed by atoms with Gasteiger partial charge in [-0.1, -0.05) is 19.3 Å². The van der Waals surface area contributed by atoms with Gasteiger partial charge in [0, 0.05) is 6.04 Å². The minimum atomic E-state index is -4.44. The molecule has 0 bridgehead atoms. The molecule has 3 nitrogen and oxygen atoms in total. The summed E-state index contributed by atoms with van der Waals surface area (Å²) in [7, 11) is 0. The standard InChI is InChI=1S/C13H19F3N2O/c1-10(2)18(9-13(14,15)16)11(19)12(8-17)6-4-3-5-7-12/h10H,3-7,9H2,1-2H3. The molecule has 0 radical (unpaired) electrons. The van der Waals surface area contributed by atoms with Gasteiger partial charge in [-0.25, -0.2) is 0 Å². The summed E-state index contributed by atoms with van der Waals surface area (Å²) in [5.74, 6) is -0.665. The molecule has 0 aromatic carbocycles. The number of carbonyl (C=O) groups excluding carboxylic acids is 1. The molecule has 0 unspecified atom stereocenters. The van der Waals surface area contributed by atoms with Gasteiger partial charge in [-0.05, 0) is 26.7 Å². The number of nitrogens with zero attached hydrogens (tertiary/aromatic N) is 2. The smallest absolute Gasteiger partial charge is 0.330 e. The van der Waals surface area contributed by atoms with Gasteiger partial charge in [0.15, 0.2) is 0 Å². The van der Waals surface area contributed by atoms with Crippen LogP contribution in [0.3, 0.4) is 0 Å². The Morgan fingerprint density at radius 3 is 2.21 bits per heavy atom. The van der Waals surface area contributed by atoms with Crippen molar-refractivity contribution in [1.82, 2.24) is 4.90 Å². The molecule has 19 heavy (non-hydrogen) atoms. The molecule has 6 heteroatoms. The Hall–Kier alpha value is -1.25. The van der Waals surface area contributed by atoms with Crippen molar-refractivity contribution in [2.24, 2.45) is 5.41 Å². The molecule has 1 fully saturated rings. The lowest BCUT2D eigenvalue weighted by atomic mass is 9.74. The van der Waals surface area contributed by atoms with Crippen LogP contribution in [0.2, 0.25) is 0 Å². The van der Waals surface area contributed by atoms with E-state index in [0.717, 1.165) is 24.2 Å². The van der Waals surface area contributed by atoms with Gasteiger partial charge in [0.2, 0.25) is 5.91 Å². The van der Waals surface area contributed by atoms with Crippen molar-refractivity contribution in [1.29, 1.82) is 5.26 Å². The highest BCUT2D eigenvalue weighted by Crippen LogP contribution is 2.38. The molecule has 1 aliphatic carbocycles. The Labute approximate surface area is 111 Å². The van der Waals surface area contributed by atoms with Crippen molar-refractivity contribution in [3.05, 3.63) is 0 Å². The molecule has 1 rings (SSSR count). The highest BCUT2D eigenvalue weighted by molar-refractivity contribution is 5.85. The van der Waals surface area contributed by atoms with Gasteiger partial charge in [0.05, 0.1) is 6.07 Å². The minimum Gasteiger partial charge on any atom is -0.330 e. The normalized spacial score (nSPS) is 19.0. The topological polar surface area (TPSA) is 44.1 Å². The summed E-state index contributed by atoms with van der Waals surface area (Å²) < 4.78 is 37.6. The maximum atomic E-state index is 12.5. The summed E-state index contributed by atoms with van der Waals surface area (Å²) >= 11 is 0. The fourth-order valence-electron chi connectivity index (χ4n) is 2.49. The van der Waals surface area contributed by atoms with Gasteiger partial charge in [-0.2, -0.15) is 18.4 Å². The first-order valence-electron chi connectivity index (χ1n) is 6.51. The number of hydrogen-bond acceptors (Lipinski definition) is 2. The van der Waals surface area contributed by atoms with Gasteiger partial charge >= 0.3 is 6.18 Å². The van der Waals surface area contributed by atoms with E-state index in [1.807, 2.05) is 6.07 Å². The molecule has 0 heterocycles. The van der Waals surface area contributed by atoms with Crippen LogP contribution in [-0.2, 0) is 4.79 Å². The number of halogens is 3. The third-order valence-corrected chi connectivity index (χ3v) is 3.56. The third-order valence-electron chi connectivity index (χ3n) is 3.56. The maximum Gasteiger partial charge on any atom is 0.406 e. The first-order valence-corrected chi connectivity index (χ1v) is 6.51. The Morgan fingerprint density at radius 2 is 1.84 bits per heavy atom. The van der Waals surface area contributed by atoms with Crippen LogP contribution in [0.1, 0.15) is 46.0 Å². The number of hydrogen-bond donors (Lipinski definition) is 0. The molecule has 0 N–H and O–H groups in total. The van der Waals surface area contributed by atoms with E-state index >= 15 is 0 Å². The average Bonchev–Trinajstić information content (AvgIpc) is 2.34. The summed E-state index contributed by atoms with van der Waals surface area (Å²) in [5.41, 5.74) is -1.26. The number of carbonyl (C=O) groups is 1. The van der Waals surface area contributed by atoms with Crippen LogP contribution >= 0.6 is 0 Å². The van der Waals surface area contributed by atoms with E-state index in [9.17, 15) is 23.2 Å². The summed E-state index contributed by atoms with van der Waals surface area (Å²) in [6, 6.07) is 1.41. The molecule has 0 aromatic rings. The van der Waals surface area contributed by atoms with Gasteiger partial charge < -0.3 is 4.90 Å². The fourth-order valence-corrected chi connectivity index (χ4v) is 2.49. The van der Waals surface area contributed by atoms with Crippen molar-refractivity contribution < 1.29 is 18.0 Å². The van der Waals surface area contributed by atoms with E-state index < -0.39 is 30.1 Å². The van der Waals surface area contributed by atoms with E-state index in [0.29, 0.717) is 12.8 Å². The van der Waals surface area contributed by atoms with Gasteiger partial charge in [-0.15, -0.1) is 0 Å². The second-order valence-electron chi connectivity index (χ2n) is 5.40. The average molecular weight is 276 g/mol. The van der Waals surface area contributed by atoms with E-state index in [1.54, 1.807) is 0 Å². The highest BCUT2D eigenvalue weighted by Gasteiger charge is 2.45. The monoisotopic (exact) mass is 276 g/mol. The van der Waals surface area contributed by atoms with Crippen LogP contribution in [0.5, 0.6) is 0 Å². The predicted octanol–water partition coefficient (Wildman–Crippen LogP) is 3.26. The largest absolute Gasteiger partial charge is 0.406 e. The number of alkyl halides is 3. The third kappa shape index (κ3) is 3.85. The van der Waals surface area contributed by atoms with Crippen LogP contribution in [-0.4, -0.2) is 29.6 Å². The second-order valence-corrected chi connectivity index (χ2v) is 5.40. The lowest BCUT2D eigenvalue weighted by molar-refractivity contribution is -0.170. The molecule has 0 spiro atoms. The van der Waals surface area contributed by atoms with Crippen molar-refractivity contribution in [3.8, 4) is 6.07 Å². The molecule has 1 aliphatic rings. The molecule has 108 valence electrons. The second kappa shape index (κ2) is 5.81. The van der Waals surface area contributed by atoms with Crippen molar-refractivity contribution in [2.75, 3.05) is 6.54 Å². The molecule has 1 saturated carbocycles. The SMILES string of the molecule is CC(C)N(CC(F)(F)F)C(=O)C1(C#N)CCCCC1. The Kier molecular flexibility index (Phi) is 4.83. The molecule has 0 aromatic heterocycles. The zero-order valence-corrected chi connectivity index (χ0v) is 11.3. The van der Waals surface area contributed by atoms with E-state index in [1.165, 1.54) is 13.8 Å². The zero-order chi connectivity index (χ0) is 14.7. The summed E-state index contributed by atoms with van der Waals surface area (Å²) in [6.07, 6.45) is -1.34. The zero-order valence-electron chi connectivity index (χ0n) is 11.3. The van der Waals surface area contributed by atoms with Crippen molar-refractivity contribution >= 4 is 5.91 Å². The predicted molar refractivity (Wildman–Crippen MR) is 64.0 cm³/mol. The Balaban J connectivity index is 2.95. The summed E-state index contributed by atoms with van der Waals surface area (Å²) in [4.78, 5) is 13.2. The summed E-state index contributed by atoms with van der Waals surface area (Å²) in [6.45, 7) is 1.79. The van der Waals surface area contributed by atoms with Gasteiger partial charge in [0.25, 0.3) is 0 Å². The first-order chi connectivity index (χ1) is 8.72. The van der Waals surface area contributed by atoms with Crippen molar-refractivity contribution in [3.63, 3.8) is 0 Å². The van der Waals surface area contributed by atoms with Crippen LogP contribution < -0.4 is 0 Å². The molecular formula is C13H19F3N2O. The minimum absolute atomic E-state index is 0.364. The fraction of sp³-hybridized carbons (Fsp3) is 0.846. The molecule has 0 saturated heterocycles. The highest BCUT2D eigenvalue weighted by atomic mass is 19.4. The molecular weight excluding hydrogens is 257 g/mol.